The summed E-state index contributed by atoms with van der Waals surface area (Å²) >= 11 is 0. The van der Waals surface area contributed by atoms with Crippen LogP contribution in [0.25, 0.3) is 0 Å². The second-order valence-electron chi connectivity index (χ2n) is 3.72. The van der Waals surface area contributed by atoms with Crippen molar-refractivity contribution in [2.75, 3.05) is 21.3 Å². The molecule has 16 heavy (non-hydrogen) atoms. The molecule has 96 valence electrons. The van der Waals surface area contributed by atoms with Crippen LogP contribution < -0.4 is 0 Å². The SMILES string of the molecule is COP1(=O)OC(P(=O)(OC)OC)C(C)C1C. The Balaban J connectivity index is 3.03. The minimum absolute atomic E-state index is 0.225. The minimum Gasteiger partial charge on any atom is -0.312 e. The second kappa shape index (κ2) is 4.89. The summed E-state index contributed by atoms with van der Waals surface area (Å²) in [5, 5.41) is 0. The van der Waals surface area contributed by atoms with E-state index in [1.54, 1.807) is 13.8 Å². The van der Waals surface area contributed by atoms with Gasteiger partial charge in [-0.25, -0.2) is 0 Å². The molecule has 0 saturated carbocycles. The molecule has 0 N–H and O–H groups in total. The third-order valence-electron chi connectivity index (χ3n) is 3.04. The Kier molecular flexibility index (Phi) is 4.39. The molecule has 1 aliphatic rings. The summed E-state index contributed by atoms with van der Waals surface area (Å²) in [6.45, 7) is 3.53. The van der Waals surface area contributed by atoms with Crippen molar-refractivity contribution in [3.63, 3.8) is 0 Å². The number of rotatable bonds is 4. The van der Waals surface area contributed by atoms with Gasteiger partial charge >= 0.3 is 15.2 Å². The maximum atomic E-state index is 12.2. The molecule has 0 aromatic carbocycles. The topological polar surface area (TPSA) is 71.1 Å². The predicted octanol–water partition coefficient (Wildman–Crippen LogP) is 2.69. The lowest BCUT2D eigenvalue weighted by molar-refractivity contribution is 0.167. The van der Waals surface area contributed by atoms with Crippen molar-refractivity contribution in [1.29, 1.82) is 0 Å². The van der Waals surface area contributed by atoms with Gasteiger partial charge in [-0.3, -0.25) is 13.7 Å². The maximum absolute atomic E-state index is 12.2. The van der Waals surface area contributed by atoms with Crippen molar-refractivity contribution in [2.45, 2.75) is 25.4 Å². The van der Waals surface area contributed by atoms with Crippen LogP contribution in [0.15, 0.2) is 0 Å². The largest absolute Gasteiger partial charge is 0.359 e. The van der Waals surface area contributed by atoms with Gasteiger partial charge in [-0.1, -0.05) is 13.8 Å². The quantitative estimate of drug-likeness (QED) is 0.733. The van der Waals surface area contributed by atoms with E-state index >= 15 is 0 Å². The van der Waals surface area contributed by atoms with Gasteiger partial charge in [-0.15, -0.1) is 0 Å². The van der Waals surface area contributed by atoms with Gasteiger partial charge in [0.15, 0.2) is 5.85 Å². The van der Waals surface area contributed by atoms with Gasteiger partial charge in [-0.05, 0) is 0 Å². The van der Waals surface area contributed by atoms with Crippen LogP contribution in [0.5, 0.6) is 0 Å². The molecule has 6 nitrogen and oxygen atoms in total. The van der Waals surface area contributed by atoms with Crippen molar-refractivity contribution in [3.8, 4) is 0 Å². The Morgan fingerprint density at radius 3 is 2.00 bits per heavy atom. The number of hydrogen-bond acceptors (Lipinski definition) is 6. The van der Waals surface area contributed by atoms with Crippen LogP contribution >= 0.6 is 15.2 Å². The fourth-order valence-electron chi connectivity index (χ4n) is 1.71. The molecule has 4 atom stereocenters. The first kappa shape index (κ1) is 14.4. The third-order valence-corrected chi connectivity index (χ3v) is 7.92. The highest BCUT2D eigenvalue weighted by molar-refractivity contribution is 7.58. The van der Waals surface area contributed by atoms with Gasteiger partial charge in [0.2, 0.25) is 0 Å². The van der Waals surface area contributed by atoms with Crippen LogP contribution in [-0.2, 0) is 27.2 Å². The van der Waals surface area contributed by atoms with E-state index in [1.165, 1.54) is 21.3 Å². The smallest absolute Gasteiger partial charge is 0.312 e. The van der Waals surface area contributed by atoms with Gasteiger partial charge in [0.05, 0.1) is 5.66 Å². The Bertz CT molecular complexity index is 335. The molecule has 0 bridgehead atoms. The lowest BCUT2D eigenvalue weighted by Crippen LogP contribution is -2.20. The highest BCUT2D eigenvalue weighted by Gasteiger charge is 2.56. The molecule has 0 aromatic rings. The third kappa shape index (κ3) is 2.15. The molecule has 1 heterocycles. The molecule has 1 fully saturated rings. The first-order chi connectivity index (χ1) is 7.34. The summed E-state index contributed by atoms with van der Waals surface area (Å²) in [6, 6.07) is 0. The van der Waals surface area contributed by atoms with Crippen LogP contribution in [0.1, 0.15) is 13.8 Å². The van der Waals surface area contributed by atoms with Crippen LogP contribution in [0.2, 0.25) is 0 Å². The van der Waals surface area contributed by atoms with E-state index in [2.05, 4.69) is 0 Å². The molecule has 0 spiro atoms. The summed E-state index contributed by atoms with van der Waals surface area (Å²) in [4.78, 5) is 0. The highest BCUT2D eigenvalue weighted by Crippen LogP contribution is 2.70. The fraction of sp³-hybridized carbons (Fsp3) is 1.00. The Hall–Kier alpha value is 0.300. The van der Waals surface area contributed by atoms with E-state index in [4.69, 9.17) is 18.1 Å². The van der Waals surface area contributed by atoms with Crippen LogP contribution in [0.4, 0.5) is 0 Å². The minimum atomic E-state index is -3.39. The summed E-state index contributed by atoms with van der Waals surface area (Å²) in [5.41, 5.74) is -0.332. The van der Waals surface area contributed by atoms with Crippen molar-refractivity contribution < 1.29 is 27.2 Å². The number of hydrogen-bond donors (Lipinski definition) is 0. The van der Waals surface area contributed by atoms with Crippen molar-refractivity contribution >= 4 is 15.2 Å². The zero-order valence-corrected chi connectivity index (χ0v) is 11.9. The Labute approximate surface area is 95.7 Å². The zero-order chi connectivity index (χ0) is 12.6. The zero-order valence-electron chi connectivity index (χ0n) is 10.1. The van der Waals surface area contributed by atoms with E-state index in [0.717, 1.165) is 0 Å². The maximum Gasteiger partial charge on any atom is 0.359 e. The monoisotopic (exact) mass is 272 g/mol. The first-order valence-corrected chi connectivity index (χ1v) is 8.12. The summed E-state index contributed by atoms with van der Waals surface area (Å²) in [7, 11) is -2.73. The summed E-state index contributed by atoms with van der Waals surface area (Å²) < 4.78 is 44.2. The van der Waals surface area contributed by atoms with E-state index in [0.29, 0.717) is 0 Å². The average molecular weight is 272 g/mol. The molecule has 1 saturated heterocycles. The molecule has 0 amide bonds. The van der Waals surface area contributed by atoms with Crippen molar-refractivity contribution in [1.82, 2.24) is 0 Å². The molecule has 4 unspecified atom stereocenters. The van der Waals surface area contributed by atoms with E-state index in [-0.39, 0.29) is 11.6 Å². The highest BCUT2D eigenvalue weighted by atomic mass is 31.2. The lowest BCUT2D eigenvalue weighted by atomic mass is 10.1. The molecule has 8 heteroatoms. The van der Waals surface area contributed by atoms with E-state index in [9.17, 15) is 9.13 Å². The fourth-order valence-corrected chi connectivity index (χ4v) is 5.93. The molecule has 0 radical (unpaired) electrons. The second-order valence-corrected chi connectivity index (χ2v) is 8.51. The van der Waals surface area contributed by atoms with E-state index in [1.807, 2.05) is 0 Å². The Morgan fingerprint density at radius 1 is 1.19 bits per heavy atom. The molecular weight excluding hydrogens is 254 g/mol. The van der Waals surface area contributed by atoms with E-state index < -0.39 is 21.0 Å². The molecule has 1 aliphatic heterocycles. The first-order valence-electron chi connectivity index (χ1n) is 4.89. The average Bonchev–Trinajstić information content (AvgIpc) is 2.54. The van der Waals surface area contributed by atoms with Crippen LogP contribution in [0, 0.1) is 5.92 Å². The van der Waals surface area contributed by atoms with Gasteiger partial charge in [0.1, 0.15) is 0 Å². The molecular formula is C8H18O6P2. The molecule has 0 aliphatic carbocycles. The summed E-state index contributed by atoms with van der Waals surface area (Å²) in [5.74, 6) is -1.07. The van der Waals surface area contributed by atoms with Gasteiger partial charge in [-0.2, -0.15) is 0 Å². The summed E-state index contributed by atoms with van der Waals surface area (Å²) in [6.07, 6.45) is 0. The normalized spacial score (nSPS) is 40.2. The molecule has 1 rings (SSSR count). The van der Waals surface area contributed by atoms with Crippen molar-refractivity contribution in [2.24, 2.45) is 5.92 Å². The molecule has 0 aromatic heterocycles. The predicted molar refractivity (Wildman–Crippen MR) is 59.7 cm³/mol. The lowest BCUT2D eigenvalue weighted by Gasteiger charge is -2.22. The van der Waals surface area contributed by atoms with Gasteiger partial charge < -0.3 is 13.6 Å². The van der Waals surface area contributed by atoms with Crippen LogP contribution in [-0.4, -0.2) is 32.8 Å². The van der Waals surface area contributed by atoms with Crippen LogP contribution in [0.3, 0.4) is 0 Å². The Morgan fingerprint density at radius 2 is 1.69 bits per heavy atom. The van der Waals surface area contributed by atoms with Gasteiger partial charge in [0, 0.05) is 27.2 Å². The van der Waals surface area contributed by atoms with Crippen molar-refractivity contribution in [3.05, 3.63) is 0 Å². The van der Waals surface area contributed by atoms with Gasteiger partial charge in [0.25, 0.3) is 0 Å². The standard InChI is InChI=1S/C8H18O6P2/c1-6-7(2)15(9,11-3)14-8(6)16(10,12-4)13-5/h6-8H,1-5H3.